The maximum atomic E-state index is 10.7. The Hall–Kier alpha value is -0.650. The van der Waals surface area contributed by atoms with Gasteiger partial charge in [0, 0.05) is 6.92 Å². The highest BCUT2D eigenvalue weighted by Crippen LogP contribution is 2.17. The predicted molar refractivity (Wildman–Crippen MR) is 44.8 cm³/mol. The van der Waals surface area contributed by atoms with E-state index in [-0.39, 0.29) is 24.7 Å². The first-order chi connectivity index (χ1) is 6.13. The number of hydrogen-bond donors (Lipinski definition) is 3. The lowest BCUT2D eigenvalue weighted by molar-refractivity contribution is -0.188. The summed E-state index contributed by atoms with van der Waals surface area (Å²) >= 11 is 0. The largest absolute Gasteiger partial charge is 0.394 e. The van der Waals surface area contributed by atoms with E-state index in [2.05, 4.69) is 5.32 Å². The number of nitrogens with one attached hydrogen (secondary N) is 1. The first kappa shape index (κ1) is 10.4. The molecule has 0 radical (unpaired) electrons. The highest BCUT2D eigenvalue weighted by atomic mass is 16.6. The van der Waals surface area contributed by atoms with E-state index in [1.807, 2.05) is 0 Å². The third-order valence-electron chi connectivity index (χ3n) is 2.07. The van der Waals surface area contributed by atoms with Crippen LogP contribution in [0.25, 0.3) is 0 Å². The molecule has 3 N–H and O–H groups in total. The van der Waals surface area contributed by atoms with Crippen molar-refractivity contribution in [1.29, 1.82) is 0 Å². The Morgan fingerprint density at radius 1 is 1.62 bits per heavy atom. The van der Waals surface area contributed by atoms with Crippen molar-refractivity contribution >= 4 is 5.91 Å². The van der Waals surface area contributed by atoms with Crippen LogP contribution >= 0.6 is 0 Å². The first-order valence-corrected chi connectivity index (χ1v) is 4.35. The average Bonchev–Trinajstić information content (AvgIpc) is 2.08. The molecule has 5 heteroatoms. The Morgan fingerprint density at radius 2 is 2.31 bits per heavy atom. The Labute approximate surface area is 76.7 Å². The summed E-state index contributed by atoms with van der Waals surface area (Å²) in [6.07, 6.45) is -0.0281. The molecule has 0 aromatic heterocycles. The van der Waals surface area contributed by atoms with Crippen LogP contribution in [0.3, 0.4) is 0 Å². The molecule has 0 bridgehead atoms. The van der Waals surface area contributed by atoms with Crippen molar-refractivity contribution in [2.24, 2.45) is 0 Å². The van der Waals surface area contributed by atoms with Gasteiger partial charge in [0.05, 0.1) is 18.8 Å². The standard InChI is InChI=1S/C8H15NO4/c1-5(11)9-7-3-2-6(4-10)13-8(7)12/h6-8,10,12H,2-4H2,1H3,(H,9,11)/t6-,7+,8-/m0/s1. The highest BCUT2D eigenvalue weighted by Gasteiger charge is 2.29. The molecule has 1 rings (SSSR count). The van der Waals surface area contributed by atoms with Gasteiger partial charge >= 0.3 is 0 Å². The summed E-state index contributed by atoms with van der Waals surface area (Å²) in [6, 6.07) is -0.347. The zero-order valence-corrected chi connectivity index (χ0v) is 7.56. The summed E-state index contributed by atoms with van der Waals surface area (Å²) in [5.41, 5.74) is 0. The number of rotatable bonds is 2. The Bertz CT molecular complexity index is 185. The fraction of sp³-hybridized carbons (Fsp3) is 0.875. The van der Waals surface area contributed by atoms with Gasteiger partial charge in [0.1, 0.15) is 0 Å². The Kier molecular flexibility index (Phi) is 3.65. The van der Waals surface area contributed by atoms with Crippen LogP contribution in [-0.2, 0) is 9.53 Å². The number of aliphatic hydroxyl groups excluding tert-OH is 2. The molecule has 1 saturated heterocycles. The summed E-state index contributed by atoms with van der Waals surface area (Å²) < 4.78 is 5.04. The zero-order valence-electron chi connectivity index (χ0n) is 7.56. The summed E-state index contributed by atoms with van der Waals surface area (Å²) in [4.78, 5) is 10.7. The van der Waals surface area contributed by atoms with E-state index in [0.717, 1.165) is 0 Å². The first-order valence-electron chi connectivity index (χ1n) is 4.35. The minimum absolute atomic E-state index is 0.0934. The molecule has 0 unspecified atom stereocenters. The molecule has 76 valence electrons. The molecule has 0 spiro atoms. The monoisotopic (exact) mass is 189 g/mol. The minimum atomic E-state index is -1.00. The normalized spacial score (nSPS) is 34.2. The van der Waals surface area contributed by atoms with Gasteiger partial charge in [0.25, 0.3) is 0 Å². The second kappa shape index (κ2) is 4.55. The van der Waals surface area contributed by atoms with Crippen molar-refractivity contribution in [3.63, 3.8) is 0 Å². The molecular formula is C8H15NO4. The number of hydrogen-bond acceptors (Lipinski definition) is 4. The van der Waals surface area contributed by atoms with Crippen LogP contribution in [0.1, 0.15) is 19.8 Å². The summed E-state index contributed by atoms with van der Waals surface area (Å²) in [5, 5.41) is 20.7. The van der Waals surface area contributed by atoms with E-state index in [1.54, 1.807) is 0 Å². The number of ether oxygens (including phenoxy) is 1. The molecular weight excluding hydrogens is 174 g/mol. The molecule has 0 aromatic rings. The van der Waals surface area contributed by atoms with Crippen molar-refractivity contribution in [3.8, 4) is 0 Å². The van der Waals surface area contributed by atoms with Crippen LogP contribution < -0.4 is 5.32 Å². The van der Waals surface area contributed by atoms with Crippen molar-refractivity contribution in [1.82, 2.24) is 5.32 Å². The Balaban J connectivity index is 2.39. The van der Waals surface area contributed by atoms with Gasteiger partial charge in [-0.25, -0.2) is 0 Å². The molecule has 1 amide bonds. The lowest BCUT2D eigenvalue weighted by atomic mass is 10.0. The minimum Gasteiger partial charge on any atom is -0.394 e. The van der Waals surface area contributed by atoms with Crippen LogP contribution in [-0.4, -0.2) is 41.2 Å². The van der Waals surface area contributed by atoms with E-state index in [4.69, 9.17) is 9.84 Å². The topological polar surface area (TPSA) is 78.8 Å². The van der Waals surface area contributed by atoms with Crippen molar-refractivity contribution in [2.75, 3.05) is 6.61 Å². The van der Waals surface area contributed by atoms with E-state index in [9.17, 15) is 9.90 Å². The smallest absolute Gasteiger partial charge is 0.217 e. The third-order valence-corrected chi connectivity index (χ3v) is 2.07. The van der Waals surface area contributed by atoms with Gasteiger partial charge in [-0.2, -0.15) is 0 Å². The lowest BCUT2D eigenvalue weighted by Gasteiger charge is -2.32. The fourth-order valence-electron chi connectivity index (χ4n) is 1.41. The number of aliphatic hydroxyl groups is 2. The summed E-state index contributed by atoms with van der Waals surface area (Å²) in [7, 11) is 0. The fourth-order valence-corrected chi connectivity index (χ4v) is 1.41. The SMILES string of the molecule is CC(=O)N[C@@H]1CC[C@@H](CO)O[C@@H]1O. The second-order valence-corrected chi connectivity index (χ2v) is 3.22. The number of carbonyl (C=O) groups excluding carboxylic acids is 1. The summed E-state index contributed by atoms with van der Waals surface area (Å²) in [5.74, 6) is -0.185. The molecule has 1 fully saturated rings. The average molecular weight is 189 g/mol. The quantitative estimate of drug-likeness (QED) is 0.519. The van der Waals surface area contributed by atoms with Gasteiger partial charge in [-0.15, -0.1) is 0 Å². The van der Waals surface area contributed by atoms with Crippen LogP contribution in [0.2, 0.25) is 0 Å². The van der Waals surface area contributed by atoms with Crippen molar-refractivity contribution < 1.29 is 19.7 Å². The maximum Gasteiger partial charge on any atom is 0.217 e. The van der Waals surface area contributed by atoms with E-state index < -0.39 is 6.29 Å². The molecule has 3 atom stereocenters. The van der Waals surface area contributed by atoms with Gasteiger partial charge in [0.15, 0.2) is 6.29 Å². The van der Waals surface area contributed by atoms with E-state index >= 15 is 0 Å². The van der Waals surface area contributed by atoms with Crippen LogP contribution in [0.4, 0.5) is 0 Å². The molecule has 0 aromatic carbocycles. The van der Waals surface area contributed by atoms with Gasteiger partial charge in [0.2, 0.25) is 5.91 Å². The van der Waals surface area contributed by atoms with Crippen LogP contribution in [0, 0.1) is 0 Å². The third kappa shape index (κ3) is 2.95. The molecule has 13 heavy (non-hydrogen) atoms. The molecule has 0 aliphatic carbocycles. The number of carbonyl (C=O) groups is 1. The molecule has 1 aliphatic rings. The molecule has 5 nitrogen and oxygen atoms in total. The van der Waals surface area contributed by atoms with Crippen molar-refractivity contribution in [2.45, 2.75) is 38.2 Å². The maximum absolute atomic E-state index is 10.7. The zero-order chi connectivity index (χ0) is 9.84. The second-order valence-electron chi connectivity index (χ2n) is 3.22. The van der Waals surface area contributed by atoms with Gasteiger partial charge in [-0.05, 0) is 12.8 Å². The highest BCUT2D eigenvalue weighted by molar-refractivity contribution is 5.73. The van der Waals surface area contributed by atoms with E-state index in [0.29, 0.717) is 12.8 Å². The predicted octanol–water partition coefficient (Wildman–Crippen LogP) is -1.02. The number of amides is 1. The lowest BCUT2D eigenvalue weighted by Crippen LogP contribution is -2.49. The molecule has 1 heterocycles. The van der Waals surface area contributed by atoms with Crippen LogP contribution in [0.15, 0.2) is 0 Å². The van der Waals surface area contributed by atoms with Gasteiger partial charge in [-0.3, -0.25) is 4.79 Å². The van der Waals surface area contributed by atoms with Crippen molar-refractivity contribution in [3.05, 3.63) is 0 Å². The Morgan fingerprint density at radius 3 is 2.77 bits per heavy atom. The van der Waals surface area contributed by atoms with Crippen LogP contribution in [0.5, 0.6) is 0 Å². The van der Waals surface area contributed by atoms with Gasteiger partial charge in [-0.1, -0.05) is 0 Å². The van der Waals surface area contributed by atoms with E-state index in [1.165, 1.54) is 6.92 Å². The summed E-state index contributed by atoms with van der Waals surface area (Å²) in [6.45, 7) is 1.30. The molecule has 1 aliphatic heterocycles. The molecule has 0 saturated carbocycles. The van der Waals surface area contributed by atoms with Gasteiger partial charge < -0.3 is 20.3 Å².